The van der Waals surface area contributed by atoms with Gasteiger partial charge < -0.3 is 15.2 Å². The summed E-state index contributed by atoms with van der Waals surface area (Å²) < 4.78 is 5.73. The predicted octanol–water partition coefficient (Wildman–Crippen LogP) is 3.54. The lowest BCUT2D eigenvalue weighted by atomic mass is 10.2. The van der Waals surface area contributed by atoms with Crippen LogP contribution in [0.15, 0.2) is 42.7 Å². The molecular weight excluding hydrogens is 299 g/mol. The van der Waals surface area contributed by atoms with Crippen LogP contribution >= 0.6 is 23.2 Å². The van der Waals surface area contributed by atoms with Crippen LogP contribution in [0.1, 0.15) is 0 Å². The molecule has 0 saturated carbocycles. The van der Waals surface area contributed by atoms with E-state index in [0.717, 1.165) is 0 Å². The fourth-order valence-electron chi connectivity index (χ4n) is 1.55. The molecule has 1 heterocycles. The standard InChI is InChI=1S/C14H14Cl2N2O2/c15-7-11(19)8-18-13-6-10(16)3-4-14(13)20-12-2-1-5-17-9-12/h1-6,9,11,18-19H,7-8H2. The van der Waals surface area contributed by atoms with Gasteiger partial charge in [-0.25, -0.2) is 0 Å². The highest BCUT2D eigenvalue weighted by atomic mass is 35.5. The highest BCUT2D eigenvalue weighted by Crippen LogP contribution is 2.31. The van der Waals surface area contributed by atoms with Gasteiger partial charge in [-0.1, -0.05) is 11.6 Å². The lowest BCUT2D eigenvalue weighted by molar-refractivity contribution is 0.211. The molecule has 20 heavy (non-hydrogen) atoms. The molecule has 1 aromatic heterocycles. The molecule has 106 valence electrons. The molecule has 0 saturated heterocycles. The van der Waals surface area contributed by atoms with Crippen LogP contribution in [0.3, 0.4) is 0 Å². The molecular formula is C14H14Cl2N2O2. The van der Waals surface area contributed by atoms with Gasteiger partial charge in [0.2, 0.25) is 0 Å². The third-order valence-corrected chi connectivity index (χ3v) is 3.10. The predicted molar refractivity (Wildman–Crippen MR) is 81.0 cm³/mol. The molecule has 2 rings (SSSR count). The van der Waals surface area contributed by atoms with E-state index in [1.807, 2.05) is 0 Å². The number of benzene rings is 1. The van der Waals surface area contributed by atoms with Crippen molar-refractivity contribution in [3.05, 3.63) is 47.7 Å². The third-order valence-electron chi connectivity index (χ3n) is 2.51. The molecule has 2 N–H and O–H groups in total. The number of hydrogen-bond acceptors (Lipinski definition) is 4. The van der Waals surface area contributed by atoms with Crippen molar-refractivity contribution in [2.75, 3.05) is 17.7 Å². The van der Waals surface area contributed by atoms with Crippen molar-refractivity contribution in [2.24, 2.45) is 0 Å². The first-order valence-electron chi connectivity index (χ1n) is 6.04. The van der Waals surface area contributed by atoms with Crippen molar-refractivity contribution in [3.63, 3.8) is 0 Å². The third kappa shape index (κ3) is 4.27. The molecule has 0 amide bonds. The van der Waals surface area contributed by atoms with Crippen LogP contribution in [0.4, 0.5) is 5.69 Å². The minimum Gasteiger partial charge on any atom is -0.454 e. The van der Waals surface area contributed by atoms with Gasteiger partial charge in [-0.05, 0) is 30.3 Å². The summed E-state index contributed by atoms with van der Waals surface area (Å²) in [6, 6.07) is 8.81. The average molecular weight is 313 g/mol. The Morgan fingerprint density at radius 3 is 2.90 bits per heavy atom. The van der Waals surface area contributed by atoms with E-state index >= 15 is 0 Å². The van der Waals surface area contributed by atoms with Crippen LogP contribution in [0.25, 0.3) is 0 Å². The van der Waals surface area contributed by atoms with Gasteiger partial charge in [-0.15, -0.1) is 11.6 Å². The zero-order valence-corrected chi connectivity index (χ0v) is 12.1. The van der Waals surface area contributed by atoms with Crippen molar-refractivity contribution >= 4 is 28.9 Å². The molecule has 2 aromatic rings. The number of ether oxygens (including phenoxy) is 1. The summed E-state index contributed by atoms with van der Waals surface area (Å²) in [7, 11) is 0. The highest BCUT2D eigenvalue weighted by Gasteiger charge is 2.08. The lowest BCUT2D eigenvalue weighted by Gasteiger charge is -2.15. The van der Waals surface area contributed by atoms with Gasteiger partial charge in [0.05, 0.1) is 23.9 Å². The first-order chi connectivity index (χ1) is 9.69. The molecule has 0 aliphatic carbocycles. The Bertz CT molecular complexity index is 552. The quantitative estimate of drug-likeness (QED) is 0.801. The number of halogens is 2. The Labute approximate surface area is 127 Å². The first-order valence-corrected chi connectivity index (χ1v) is 6.95. The molecule has 0 spiro atoms. The molecule has 1 aromatic carbocycles. The second-order valence-electron chi connectivity index (χ2n) is 4.12. The number of nitrogens with zero attached hydrogens (tertiary/aromatic N) is 1. The maximum absolute atomic E-state index is 9.49. The van der Waals surface area contributed by atoms with Gasteiger partial charge in [-0.3, -0.25) is 4.98 Å². The fourth-order valence-corrected chi connectivity index (χ4v) is 1.83. The fraction of sp³-hybridized carbons (Fsp3) is 0.214. The Morgan fingerprint density at radius 2 is 2.20 bits per heavy atom. The lowest BCUT2D eigenvalue weighted by Crippen LogP contribution is -2.20. The number of aliphatic hydroxyl groups is 1. The second-order valence-corrected chi connectivity index (χ2v) is 4.87. The molecule has 0 aliphatic rings. The van der Waals surface area contributed by atoms with E-state index in [-0.39, 0.29) is 5.88 Å². The summed E-state index contributed by atoms with van der Waals surface area (Å²) >= 11 is 11.5. The summed E-state index contributed by atoms with van der Waals surface area (Å²) in [5, 5.41) is 13.1. The number of pyridine rings is 1. The zero-order valence-electron chi connectivity index (χ0n) is 10.6. The number of nitrogens with one attached hydrogen (secondary N) is 1. The van der Waals surface area contributed by atoms with Crippen LogP contribution in [0, 0.1) is 0 Å². The van der Waals surface area contributed by atoms with Crippen molar-refractivity contribution in [1.82, 2.24) is 4.98 Å². The topological polar surface area (TPSA) is 54.4 Å². The molecule has 1 atom stereocenters. The summed E-state index contributed by atoms with van der Waals surface area (Å²) in [6.07, 6.45) is 2.65. The summed E-state index contributed by atoms with van der Waals surface area (Å²) in [4.78, 5) is 3.99. The molecule has 4 nitrogen and oxygen atoms in total. The van der Waals surface area contributed by atoms with E-state index in [1.54, 1.807) is 42.7 Å². The molecule has 6 heteroatoms. The summed E-state index contributed by atoms with van der Waals surface area (Å²) in [5.74, 6) is 1.38. The van der Waals surface area contributed by atoms with Gasteiger partial charge in [0.25, 0.3) is 0 Å². The molecule has 0 bridgehead atoms. The first kappa shape index (κ1) is 14.9. The highest BCUT2D eigenvalue weighted by molar-refractivity contribution is 6.30. The Kier molecular flexibility index (Phi) is 5.47. The van der Waals surface area contributed by atoms with Crippen LogP contribution in [-0.4, -0.2) is 28.6 Å². The summed E-state index contributed by atoms with van der Waals surface area (Å²) in [5.41, 5.74) is 0.686. The zero-order chi connectivity index (χ0) is 14.4. The largest absolute Gasteiger partial charge is 0.454 e. The van der Waals surface area contributed by atoms with Crippen molar-refractivity contribution in [3.8, 4) is 11.5 Å². The van der Waals surface area contributed by atoms with Crippen LogP contribution in [-0.2, 0) is 0 Å². The minimum atomic E-state index is -0.637. The monoisotopic (exact) mass is 312 g/mol. The number of alkyl halides is 1. The van der Waals surface area contributed by atoms with Gasteiger partial charge in [0.15, 0.2) is 5.75 Å². The van der Waals surface area contributed by atoms with Crippen LogP contribution in [0.5, 0.6) is 11.5 Å². The van der Waals surface area contributed by atoms with Crippen LogP contribution < -0.4 is 10.1 Å². The average Bonchev–Trinajstić information content (AvgIpc) is 2.48. The van der Waals surface area contributed by atoms with Crippen LogP contribution in [0.2, 0.25) is 5.02 Å². The molecule has 0 fully saturated rings. The van der Waals surface area contributed by atoms with Crippen molar-refractivity contribution in [2.45, 2.75) is 6.10 Å². The van der Waals surface area contributed by atoms with Gasteiger partial charge in [0, 0.05) is 17.8 Å². The number of aliphatic hydroxyl groups excluding tert-OH is 1. The Balaban J connectivity index is 2.15. The smallest absolute Gasteiger partial charge is 0.150 e. The SMILES string of the molecule is OC(CCl)CNc1cc(Cl)ccc1Oc1cccnc1. The Hall–Kier alpha value is -1.49. The normalized spacial score (nSPS) is 11.9. The molecule has 0 aliphatic heterocycles. The second kappa shape index (κ2) is 7.33. The van der Waals surface area contributed by atoms with E-state index in [4.69, 9.17) is 27.9 Å². The van der Waals surface area contributed by atoms with Gasteiger partial charge in [-0.2, -0.15) is 0 Å². The number of anilines is 1. The number of rotatable bonds is 6. The van der Waals surface area contributed by atoms with Crippen molar-refractivity contribution in [1.29, 1.82) is 0 Å². The van der Waals surface area contributed by atoms with Gasteiger partial charge in [0.1, 0.15) is 5.75 Å². The summed E-state index contributed by atoms with van der Waals surface area (Å²) in [6.45, 7) is 0.313. The maximum atomic E-state index is 9.49. The minimum absolute atomic E-state index is 0.159. The number of aromatic nitrogens is 1. The molecule has 1 unspecified atom stereocenters. The van der Waals surface area contributed by atoms with E-state index in [2.05, 4.69) is 10.3 Å². The Morgan fingerprint density at radius 1 is 1.35 bits per heavy atom. The van der Waals surface area contributed by atoms with E-state index in [9.17, 15) is 5.11 Å². The maximum Gasteiger partial charge on any atom is 0.150 e. The number of hydrogen-bond donors (Lipinski definition) is 2. The van der Waals surface area contributed by atoms with E-state index in [1.165, 1.54) is 0 Å². The molecule has 0 radical (unpaired) electrons. The van der Waals surface area contributed by atoms with Gasteiger partial charge >= 0.3 is 0 Å². The van der Waals surface area contributed by atoms with E-state index in [0.29, 0.717) is 28.8 Å². The van der Waals surface area contributed by atoms with Crippen molar-refractivity contribution < 1.29 is 9.84 Å². The van der Waals surface area contributed by atoms with E-state index < -0.39 is 6.10 Å².